The summed E-state index contributed by atoms with van der Waals surface area (Å²) in [6.45, 7) is 7.99. The van der Waals surface area contributed by atoms with Crippen LogP contribution in [0.5, 0.6) is 5.75 Å². The van der Waals surface area contributed by atoms with Crippen molar-refractivity contribution in [1.29, 1.82) is 0 Å². The van der Waals surface area contributed by atoms with Crippen molar-refractivity contribution in [3.63, 3.8) is 0 Å². The van der Waals surface area contributed by atoms with Crippen molar-refractivity contribution in [2.75, 3.05) is 0 Å². The maximum absolute atomic E-state index is 13.3. The van der Waals surface area contributed by atoms with Gasteiger partial charge in [0.2, 0.25) is 0 Å². The highest BCUT2D eigenvalue weighted by atomic mass is 16.3. The lowest BCUT2D eigenvalue weighted by atomic mass is 9.80. The van der Waals surface area contributed by atoms with Gasteiger partial charge >= 0.3 is 0 Å². The van der Waals surface area contributed by atoms with E-state index >= 15 is 0 Å². The summed E-state index contributed by atoms with van der Waals surface area (Å²) in [4.78, 5) is 18.3. The number of carbonyl (C=O) groups excluding carboxylic acids is 1. The summed E-state index contributed by atoms with van der Waals surface area (Å²) in [6, 6.07) is 33.0. The molecule has 0 aliphatic rings. The highest BCUT2D eigenvalue weighted by molar-refractivity contribution is 5.96. The first-order chi connectivity index (χ1) is 16.7. The molecule has 176 valence electrons. The second-order valence-electron chi connectivity index (χ2n) is 9.83. The smallest absolute Gasteiger partial charge is 0.168 e. The van der Waals surface area contributed by atoms with E-state index in [2.05, 4.69) is 20.8 Å². The molecule has 0 heterocycles. The molecule has 0 spiro atoms. The summed E-state index contributed by atoms with van der Waals surface area (Å²) in [5, 5.41) is 11.3. The van der Waals surface area contributed by atoms with Gasteiger partial charge in [0.15, 0.2) is 11.3 Å². The van der Waals surface area contributed by atoms with E-state index in [0.29, 0.717) is 5.56 Å². The number of phenols is 1. The number of hydrogen-bond acceptors (Lipinski definition) is 3. The lowest BCUT2D eigenvalue weighted by Gasteiger charge is -2.29. The van der Waals surface area contributed by atoms with Crippen LogP contribution in [0, 0.1) is 0 Å². The van der Waals surface area contributed by atoms with E-state index in [9.17, 15) is 9.90 Å². The van der Waals surface area contributed by atoms with Gasteiger partial charge in [-0.3, -0.25) is 9.79 Å². The van der Waals surface area contributed by atoms with Gasteiger partial charge in [-0.25, -0.2) is 0 Å². The number of carbonyl (C=O) groups is 1. The number of nitrogens with zero attached hydrogens (tertiary/aromatic N) is 1. The molecule has 0 aliphatic heterocycles. The fourth-order valence-corrected chi connectivity index (χ4v) is 4.36. The Bertz CT molecular complexity index is 1300. The van der Waals surface area contributed by atoms with E-state index in [-0.39, 0.29) is 16.9 Å². The number of hydrogen-bond donors (Lipinski definition) is 1. The van der Waals surface area contributed by atoms with Crippen molar-refractivity contribution in [3.8, 4) is 16.9 Å². The Morgan fingerprint density at radius 2 is 1.23 bits per heavy atom. The van der Waals surface area contributed by atoms with Crippen molar-refractivity contribution in [3.05, 3.63) is 125 Å². The molecule has 0 amide bonds. The molecule has 4 rings (SSSR count). The SMILES string of the molecule is CC(=O)C(/N=C/c1cc(C(C)(C)C)cc(-c2ccccc2)c1O)(c1ccccc1)c1ccccc1. The summed E-state index contributed by atoms with van der Waals surface area (Å²) < 4.78 is 0. The highest BCUT2D eigenvalue weighted by Crippen LogP contribution is 2.39. The second kappa shape index (κ2) is 9.71. The van der Waals surface area contributed by atoms with E-state index in [1.54, 1.807) is 13.1 Å². The van der Waals surface area contributed by atoms with Crippen molar-refractivity contribution < 1.29 is 9.90 Å². The minimum atomic E-state index is -1.22. The fourth-order valence-electron chi connectivity index (χ4n) is 4.36. The summed E-state index contributed by atoms with van der Waals surface area (Å²) >= 11 is 0. The molecule has 0 fully saturated rings. The van der Waals surface area contributed by atoms with E-state index in [1.165, 1.54) is 0 Å². The molecular weight excluding hydrogens is 430 g/mol. The van der Waals surface area contributed by atoms with Gasteiger partial charge in [0, 0.05) is 17.3 Å². The zero-order chi connectivity index (χ0) is 25.1. The van der Waals surface area contributed by atoms with Gasteiger partial charge in [0.05, 0.1) is 0 Å². The molecule has 0 aliphatic carbocycles. The zero-order valence-electron chi connectivity index (χ0n) is 20.7. The largest absolute Gasteiger partial charge is 0.507 e. The fraction of sp³-hybridized carbons (Fsp3) is 0.188. The maximum Gasteiger partial charge on any atom is 0.168 e. The average Bonchev–Trinajstić information content (AvgIpc) is 2.86. The molecule has 1 N–H and O–H groups in total. The van der Waals surface area contributed by atoms with Crippen molar-refractivity contribution in [2.45, 2.75) is 38.6 Å². The molecular formula is C32H31NO2. The first-order valence-corrected chi connectivity index (χ1v) is 11.8. The molecule has 0 unspecified atom stereocenters. The first kappa shape index (κ1) is 24.2. The van der Waals surface area contributed by atoms with Crippen LogP contribution in [0.4, 0.5) is 0 Å². The van der Waals surface area contributed by atoms with Crippen molar-refractivity contribution >= 4 is 12.0 Å². The van der Waals surface area contributed by atoms with Crippen LogP contribution in [0.3, 0.4) is 0 Å². The Kier molecular flexibility index (Phi) is 6.70. The Morgan fingerprint density at radius 3 is 1.69 bits per heavy atom. The minimum absolute atomic E-state index is 0.0964. The van der Waals surface area contributed by atoms with Gasteiger partial charge in [0.1, 0.15) is 5.75 Å². The normalized spacial score (nSPS) is 12.1. The molecule has 0 saturated carbocycles. The number of phenolic OH excluding ortho intramolecular Hbond substituents is 1. The Hall–Kier alpha value is -3.98. The lowest BCUT2D eigenvalue weighted by Crippen LogP contribution is -2.33. The van der Waals surface area contributed by atoms with Crippen LogP contribution in [0.1, 0.15) is 49.9 Å². The third kappa shape index (κ3) is 4.81. The maximum atomic E-state index is 13.3. The number of aromatic hydroxyl groups is 1. The second-order valence-corrected chi connectivity index (χ2v) is 9.83. The van der Waals surface area contributed by atoms with Gasteiger partial charge in [-0.05, 0) is 46.7 Å². The number of ketones is 1. The molecule has 0 radical (unpaired) electrons. The summed E-state index contributed by atoms with van der Waals surface area (Å²) in [5.74, 6) is 0.0485. The predicted molar refractivity (Wildman–Crippen MR) is 144 cm³/mol. The predicted octanol–water partition coefficient (Wildman–Crippen LogP) is 7.31. The van der Waals surface area contributed by atoms with Crippen LogP contribution in [0.15, 0.2) is 108 Å². The van der Waals surface area contributed by atoms with Crippen molar-refractivity contribution in [2.24, 2.45) is 4.99 Å². The Morgan fingerprint density at radius 1 is 0.743 bits per heavy atom. The summed E-state index contributed by atoms with van der Waals surface area (Å²) in [5.41, 5.74) is 3.52. The molecule has 4 aromatic carbocycles. The van der Waals surface area contributed by atoms with Crippen LogP contribution in [-0.2, 0) is 15.7 Å². The lowest BCUT2D eigenvalue weighted by molar-refractivity contribution is -0.120. The Labute approximate surface area is 207 Å². The standard InChI is InChI=1S/C32H31NO2/c1-23(34)32(26-16-10-6-11-17-26,27-18-12-7-13-19-27)33-22-25-20-28(31(2,3)4)21-29(30(25)35)24-14-8-5-9-15-24/h5-22,35H,1-4H3/b33-22+. The van der Waals surface area contributed by atoms with Crippen LogP contribution in [0.25, 0.3) is 11.1 Å². The van der Waals surface area contributed by atoms with E-state index in [0.717, 1.165) is 27.8 Å². The van der Waals surface area contributed by atoms with Crippen LogP contribution in [-0.4, -0.2) is 17.1 Å². The summed E-state index contributed by atoms with van der Waals surface area (Å²) in [7, 11) is 0. The Balaban J connectivity index is 1.96. The van der Waals surface area contributed by atoms with Gasteiger partial charge in [-0.1, -0.05) is 112 Å². The molecule has 4 aromatic rings. The number of rotatable bonds is 6. The van der Waals surface area contributed by atoms with Gasteiger partial charge < -0.3 is 5.11 Å². The monoisotopic (exact) mass is 461 g/mol. The van der Waals surface area contributed by atoms with Crippen molar-refractivity contribution in [1.82, 2.24) is 0 Å². The zero-order valence-corrected chi connectivity index (χ0v) is 20.7. The third-order valence-corrected chi connectivity index (χ3v) is 6.38. The quantitative estimate of drug-likeness (QED) is 0.306. The molecule has 0 bridgehead atoms. The number of Topliss-reactive ketones (excluding diaryl/α,β-unsaturated/α-hetero) is 1. The molecule has 0 atom stereocenters. The first-order valence-electron chi connectivity index (χ1n) is 11.8. The molecule has 0 saturated heterocycles. The topological polar surface area (TPSA) is 49.7 Å². The van der Waals surface area contributed by atoms with Gasteiger partial charge in [0.25, 0.3) is 0 Å². The molecule has 35 heavy (non-hydrogen) atoms. The van der Waals surface area contributed by atoms with E-state index in [4.69, 9.17) is 4.99 Å². The van der Waals surface area contributed by atoms with Gasteiger partial charge in [-0.2, -0.15) is 0 Å². The minimum Gasteiger partial charge on any atom is -0.507 e. The third-order valence-electron chi connectivity index (χ3n) is 6.38. The number of benzene rings is 4. The highest BCUT2D eigenvalue weighted by Gasteiger charge is 2.38. The average molecular weight is 462 g/mol. The van der Waals surface area contributed by atoms with Gasteiger partial charge in [-0.15, -0.1) is 0 Å². The molecule has 3 nitrogen and oxygen atoms in total. The molecule has 3 heteroatoms. The van der Waals surface area contributed by atoms with Crippen LogP contribution < -0.4 is 0 Å². The van der Waals surface area contributed by atoms with Crippen LogP contribution in [0.2, 0.25) is 0 Å². The van der Waals surface area contributed by atoms with E-state index < -0.39 is 5.54 Å². The van der Waals surface area contributed by atoms with E-state index in [1.807, 2.05) is 103 Å². The van der Waals surface area contributed by atoms with Crippen LogP contribution >= 0.6 is 0 Å². The summed E-state index contributed by atoms with van der Waals surface area (Å²) in [6.07, 6.45) is 1.65. The molecule has 0 aromatic heterocycles. The number of aliphatic imine (C=N–C) groups is 1.